The van der Waals surface area contributed by atoms with E-state index in [1.165, 1.54) is 0 Å². The molecule has 0 bridgehead atoms. The number of nitrogens with one attached hydrogen (secondary N) is 2. The number of ether oxygens (including phenoxy) is 2. The summed E-state index contributed by atoms with van der Waals surface area (Å²) in [5.74, 6) is 0.820. The topological polar surface area (TPSA) is 76.7 Å². The standard InChI is InChI=1S/C26H28N2O4/c1-4-25(29)28-22-13-10-20(11-14-22)18(2)27-26(30)21-12-15-23(24(16-21)31-3)32-17-19-8-6-5-7-9-19/h5-16,18H,4,17H2,1-3H3,(H,27,30)(H,28,29). The Hall–Kier alpha value is -3.80. The molecule has 2 N–H and O–H groups in total. The highest BCUT2D eigenvalue weighted by molar-refractivity contribution is 5.95. The summed E-state index contributed by atoms with van der Waals surface area (Å²) in [6.07, 6.45) is 0.424. The van der Waals surface area contributed by atoms with Crippen LogP contribution in [0.2, 0.25) is 0 Å². The molecule has 1 atom stereocenters. The average Bonchev–Trinajstić information content (AvgIpc) is 2.83. The molecular formula is C26H28N2O4. The largest absolute Gasteiger partial charge is 0.493 e. The molecule has 0 aliphatic carbocycles. The number of methoxy groups -OCH3 is 1. The molecule has 6 nitrogen and oxygen atoms in total. The van der Waals surface area contributed by atoms with E-state index in [2.05, 4.69) is 10.6 Å². The van der Waals surface area contributed by atoms with Crippen molar-refractivity contribution in [3.05, 3.63) is 89.5 Å². The van der Waals surface area contributed by atoms with E-state index in [-0.39, 0.29) is 17.9 Å². The fourth-order valence-corrected chi connectivity index (χ4v) is 3.13. The Kier molecular flexibility index (Phi) is 7.86. The van der Waals surface area contributed by atoms with Gasteiger partial charge in [-0.05, 0) is 48.4 Å². The van der Waals surface area contributed by atoms with Gasteiger partial charge in [0, 0.05) is 17.7 Å². The lowest BCUT2D eigenvalue weighted by molar-refractivity contribution is -0.115. The highest BCUT2D eigenvalue weighted by Crippen LogP contribution is 2.29. The second kappa shape index (κ2) is 11.0. The zero-order chi connectivity index (χ0) is 22.9. The van der Waals surface area contributed by atoms with Crippen LogP contribution in [0.3, 0.4) is 0 Å². The van der Waals surface area contributed by atoms with E-state index >= 15 is 0 Å². The zero-order valence-corrected chi connectivity index (χ0v) is 18.6. The van der Waals surface area contributed by atoms with Gasteiger partial charge in [0.05, 0.1) is 13.2 Å². The summed E-state index contributed by atoms with van der Waals surface area (Å²) in [6.45, 7) is 4.12. The van der Waals surface area contributed by atoms with Gasteiger partial charge in [-0.2, -0.15) is 0 Å². The van der Waals surface area contributed by atoms with Crippen LogP contribution in [-0.2, 0) is 11.4 Å². The molecule has 2 amide bonds. The van der Waals surface area contributed by atoms with E-state index in [0.29, 0.717) is 30.1 Å². The van der Waals surface area contributed by atoms with Crippen molar-refractivity contribution in [1.82, 2.24) is 5.32 Å². The van der Waals surface area contributed by atoms with Crippen molar-refractivity contribution in [3.8, 4) is 11.5 Å². The van der Waals surface area contributed by atoms with E-state index in [4.69, 9.17) is 9.47 Å². The second-order valence-electron chi connectivity index (χ2n) is 7.36. The normalized spacial score (nSPS) is 11.3. The molecule has 0 saturated heterocycles. The molecule has 0 heterocycles. The third-order valence-electron chi connectivity index (χ3n) is 5.03. The second-order valence-corrected chi connectivity index (χ2v) is 7.36. The predicted octanol–water partition coefficient (Wildman–Crippen LogP) is 5.11. The third-order valence-corrected chi connectivity index (χ3v) is 5.03. The summed E-state index contributed by atoms with van der Waals surface area (Å²) in [5, 5.41) is 5.80. The lowest BCUT2D eigenvalue weighted by atomic mass is 10.1. The van der Waals surface area contributed by atoms with Gasteiger partial charge in [-0.15, -0.1) is 0 Å². The van der Waals surface area contributed by atoms with Crippen LogP contribution in [0.25, 0.3) is 0 Å². The summed E-state index contributed by atoms with van der Waals surface area (Å²) in [4.78, 5) is 24.3. The molecule has 166 valence electrons. The van der Waals surface area contributed by atoms with Crippen LogP contribution in [0.1, 0.15) is 47.8 Å². The number of carbonyl (C=O) groups excluding carboxylic acids is 2. The van der Waals surface area contributed by atoms with Gasteiger partial charge >= 0.3 is 0 Å². The number of carbonyl (C=O) groups is 2. The Morgan fingerprint density at radius 3 is 2.31 bits per heavy atom. The van der Waals surface area contributed by atoms with Crippen LogP contribution in [0, 0.1) is 0 Å². The minimum absolute atomic E-state index is 0.0377. The molecule has 32 heavy (non-hydrogen) atoms. The molecule has 6 heteroatoms. The summed E-state index contributed by atoms with van der Waals surface area (Å²) in [5.41, 5.74) is 3.19. The number of rotatable bonds is 9. The van der Waals surface area contributed by atoms with Gasteiger partial charge in [-0.25, -0.2) is 0 Å². The quantitative estimate of drug-likeness (QED) is 0.492. The van der Waals surface area contributed by atoms with Crippen LogP contribution in [0.4, 0.5) is 5.69 Å². The smallest absolute Gasteiger partial charge is 0.251 e. The SMILES string of the molecule is CCC(=O)Nc1ccc(C(C)NC(=O)c2ccc(OCc3ccccc3)c(OC)c2)cc1. The summed E-state index contributed by atoms with van der Waals surface area (Å²) < 4.78 is 11.3. The van der Waals surface area contributed by atoms with Gasteiger partial charge in [0.25, 0.3) is 5.91 Å². The molecule has 0 radical (unpaired) electrons. The van der Waals surface area contributed by atoms with Gasteiger partial charge in [0.1, 0.15) is 6.61 Å². The molecule has 0 aliphatic rings. The van der Waals surface area contributed by atoms with Gasteiger partial charge in [-0.1, -0.05) is 49.4 Å². The lowest BCUT2D eigenvalue weighted by Crippen LogP contribution is -2.26. The highest BCUT2D eigenvalue weighted by atomic mass is 16.5. The van der Waals surface area contributed by atoms with Crippen molar-refractivity contribution in [1.29, 1.82) is 0 Å². The maximum Gasteiger partial charge on any atom is 0.251 e. The first kappa shape index (κ1) is 22.9. The molecule has 3 aromatic carbocycles. The number of benzene rings is 3. The fourth-order valence-electron chi connectivity index (χ4n) is 3.13. The number of amides is 2. The molecule has 3 rings (SSSR count). The van der Waals surface area contributed by atoms with E-state index in [1.807, 2.05) is 61.5 Å². The first-order chi connectivity index (χ1) is 15.5. The maximum absolute atomic E-state index is 12.8. The van der Waals surface area contributed by atoms with Crippen molar-refractivity contribution in [3.63, 3.8) is 0 Å². The fraction of sp³-hybridized carbons (Fsp3) is 0.231. The van der Waals surface area contributed by atoms with Crippen LogP contribution < -0.4 is 20.1 Å². The van der Waals surface area contributed by atoms with Crippen molar-refractivity contribution in [2.45, 2.75) is 32.9 Å². The van der Waals surface area contributed by atoms with E-state index in [9.17, 15) is 9.59 Å². The van der Waals surface area contributed by atoms with E-state index in [0.717, 1.165) is 16.8 Å². The maximum atomic E-state index is 12.8. The van der Waals surface area contributed by atoms with Crippen molar-refractivity contribution < 1.29 is 19.1 Å². The van der Waals surface area contributed by atoms with E-state index in [1.54, 1.807) is 32.2 Å². The van der Waals surface area contributed by atoms with Crippen LogP contribution in [-0.4, -0.2) is 18.9 Å². The zero-order valence-electron chi connectivity index (χ0n) is 18.6. The van der Waals surface area contributed by atoms with Gasteiger partial charge in [0.15, 0.2) is 11.5 Å². The van der Waals surface area contributed by atoms with E-state index < -0.39 is 0 Å². The molecular weight excluding hydrogens is 404 g/mol. The molecule has 0 fully saturated rings. The van der Waals surface area contributed by atoms with Crippen LogP contribution in [0.15, 0.2) is 72.8 Å². The Morgan fingerprint density at radius 2 is 1.66 bits per heavy atom. The molecule has 1 unspecified atom stereocenters. The first-order valence-corrected chi connectivity index (χ1v) is 10.6. The number of hydrogen-bond acceptors (Lipinski definition) is 4. The van der Waals surface area contributed by atoms with Crippen molar-refractivity contribution in [2.24, 2.45) is 0 Å². The van der Waals surface area contributed by atoms with Crippen LogP contribution >= 0.6 is 0 Å². The molecule has 0 aliphatic heterocycles. The predicted molar refractivity (Wildman–Crippen MR) is 125 cm³/mol. The Labute approximate surface area is 188 Å². The highest BCUT2D eigenvalue weighted by Gasteiger charge is 2.15. The molecule has 0 saturated carbocycles. The summed E-state index contributed by atoms with van der Waals surface area (Å²) in [7, 11) is 1.55. The number of hydrogen-bond donors (Lipinski definition) is 2. The molecule has 0 aromatic heterocycles. The Bertz CT molecular complexity index is 1050. The van der Waals surface area contributed by atoms with Crippen LogP contribution in [0.5, 0.6) is 11.5 Å². The monoisotopic (exact) mass is 432 g/mol. The van der Waals surface area contributed by atoms with Gasteiger partial charge in [0.2, 0.25) is 5.91 Å². The third kappa shape index (κ3) is 6.11. The summed E-state index contributed by atoms with van der Waals surface area (Å²) >= 11 is 0. The Balaban J connectivity index is 1.63. The first-order valence-electron chi connectivity index (χ1n) is 10.6. The molecule has 3 aromatic rings. The van der Waals surface area contributed by atoms with Gasteiger partial charge in [-0.3, -0.25) is 9.59 Å². The Morgan fingerprint density at radius 1 is 0.938 bits per heavy atom. The lowest BCUT2D eigenvalue weighted by Gasteiger charge is -2.16. The molecule has 0 spiro atoms. The summed E-state index contributed by atoms with van der Waals surface area (Å²) in [6, 6.07) is 22.2. The minimum Gasteiger partial charge on any atom is -0.493 e. The van der Waals surface area contributed by atoms with Gasteiger partial charge < -0.3 is 20.1 Å². The average molecular weight is 433 g/mol. The van der Waals surface area contributed by atoms with Crippen molar-refractivity contribution >= 4 is 17.5 Å². The number of anilines is 1. The van der Waals surface area contributed by atoms with Crippen molar-refractivity contribution in [2.75, 3.05) is 12.4 Å². The minimum atomic E-state index is -0.214.